The topological polar surface area (TPSA) is 0 Å². The largest absolute Gasteiger partial charge is 0.205 e. The molecule has 0 N–H and O–H groups in total. The van der Waals surface area contributed by atoms with E-state index in [9.17, 15) is 4.39 Å². The third-order valence-electron chi connectivity index (χ3n) is 5.15. The molecule has 0 atom stereocenters. The third kappa shape index (κ3) is 4.01. The van der Waals surface area contributed by atoms with E-state index < -0.39 is 0 Å². The second kappa shape index (κ2) is 6.58. The molecule has 21 heavy (non-hydrogen) atoms. The molecule has 1 aromatic rings. The Balaban J connectivity index is 2.12. The van der Waals surface area contributed by atoms with E-state index >= 15 is 0 Å². The fourth-order valence-corrected chi connectivity index (χ4v) is 4.49. The van der Waals surface area contributed by atoms with Crippen molar-refractivity contribution in [2.24, 2.45) is 16.7 Å². The van der Waals surface area contributed by atoms with Gasteiger partial charge in [-0.15, -0.1) is 0 Å². The molecule has 0 radical (unpaired) electrons. The van der Waals surface area contributed by atoms with Crippen molar-refractivity contribution in [1.82, 2.24) is 0 Å². The van der Waals surface area contributed by atoms with Crippen LogP contribution in [0.2, 0.25) is 5.02 Å². The van der Waals surface area contributed by atoms with Gasteiger partial charge in [0.25, 0.3) is 0 Å². The molecule has 1 aliphatic rings. The van der Waals surface area contributed by atoms with Crippen LogP contribution in [-0.4, -0.2) is 5.33 Å². The van der Waals surface area contributed by atoms with Gasteiger partial charge in [-0.3, -0.25) is 0 Å². The van der Waals surface area contributed by atoms with Gasteiger partial charge in [0.2, 0.25) is 0 Å². The van der Waals surface area contributed by atoms with Crippen LogP contribution in [0.25, 0.3) is 0 Å². The van der Waals surface area contributed by atoms with E-state index in [0.717, 1.165) is 23.2 Å². The van der Waals surface area contributed by atoms with Crippen molar-refractivity contribution in [2.45, 2.75) is 52.9 Å². The van der Waals surface area contributed by atoms with Crippen molar-refractivity contribution in [3.63, 3.8) is 0 Å². The van der Waals surface area contributed by atoms with Crippen molar-refractivity contribution in [3.05, 3.63) is 34.6 Å². The Morgan fingerprint density at radius 3 is 2.43 bits per heavy atom. The van der Waals surface area contributed by atoms with E-state index in [2.05, 4.69) is 36.7 Å². The molecule has 1 saturated carbocycles. The standard InChI is InChI=1S/C18H25BrClF/c1-17(2,3)14-7-9-18(12-19,10-8-14)11-13-5-4-6-15(21)16(13)20/h4-6,14H,7-12H2,1-3H3. The minimum atomic E-state index is -0.303. The highest BCUT2D eigenvalue weighted by Crippen LogP contribution is 2.48. The molecule has 1 fully saturated rings. The number of benzene rings is 1. The molecule has 1 aliphatic carbocycles. The molecule has 2 rings (SSSR count). The number of hydrogen-bond donors (Lipinski definition) is 0. The van der Waals surface area contributed by atoms with Crippen molar-refractivity contribution < 1.29 is 4.39 Å². The van der Waals surface area contributed by atoms with E-state index in [-0.39, 0.29) is 11.2 Å². The van der Waals surface area contributed by atoms with Gasteiger partial charge < -0.3 is 0 Å². The predicted molar refractivity (Wildman–Crippen MR) is 92.8 cm³/mol. The van der Waals surface area contributed by atoms with Crippen LogP contribution in [0.15, 0.2) is 18.2 Å². The Hall–Kier alpha value is -0.0800. The van der Waals surface area contributed by atoms with Crippen molar-refractivity contribution in [3.8, 4) is 0 Å². The van der Waals surface area contributed by atoms with Gasteiger partial charge in [0.1, 0.15) is 5.82 Å². The van der Waals surface area contributed by atoms with Crippen LogP contribution in [0.4, 0.5) is 4.39 Å². The van der Waals surface area contributed by atoms with Gasteiger partial charge in [0, 0.05) is 5.33 Å². The lowest BCUT2D eigenvalue weighted by Gasteiger charge is -2.43. The Bertz CT molecular complexity index is 484. The molecule has 0 unspecified atom stereocenters. The average Bonchev–Trinajstić information content (AvgIpc) is 2.43. The van der Waals surface area contributed by atoms with Gasteiger partial charge in [0.15, 0.2) is 0 Å². The minimum Gasteiger partial charge on any atom is -0.205 e. The third-order valence-corrected chi connectivity index (χ3v) is 6.76. The molecular formula is C18H25BrClF. The summed E-state index contributed by atoms with van der Waals surface area (Å²) in [5.74, 6) is 0.481. The van der Waals surface area contributed by atoms with E-state index in [1.807, 2.05) is 6.07 Å². The highest BCUT2D eigenvalue weighted by Gasteiger charge is 2.38. The van der Waals surface area contributed by atoms with Crippen LogP contribution in [0.3, 0.4) is 0 Å². The molecule has 0 spiro atoms. The zero-order chi connectivity index (χ0) is 15.7. The van der Waals surface area contributed by atoms with Gasteiger partial charge in [-0.25, -0.2) is 4.39 Å². The summed E-state index contributed by atoms with van der Waals surface area (Å²) in [6.45, 7) is 7.01. The van der Waals surface area contributed by atoms with Crippen LogP contribution in [0.5, 0.6) is 0 Å². The monoisotopic (exact) mass is 374 g/mol. The molecule has 0 aliphatic heterocycles. The smallest absolute Gasteiger partial charge is 0.142 e. The Morgan fingerprint density at radius 1 is 1.29 bits per heavy atom. The first-order valence-electron chi connectivity index (χ1n) is 7.76. The number of hydrogen-bond acceptors (Lipinski definition) is 0. The van der Waals surface area contributed by atoms with Crippen LogP contribution in [-0.2, 0) is 6.42 Å². The number of rotatable bonds is 3. The van der Waals surface area contributed by atoms with Crippen molar-refractivity contribution >= 4 is 27.5 Å². The molecule has 1 aromatic carbocycles. The SMILES string of the molecule is CC(C)(C)C1CCC(CBr)(Cc2cccc(F)c2Cl)CC1. The zero-order valence-corrected chi connectivity index (χ0v) is 15.5. The first-order valence-corrected chi connectivity index (χ1v) is 9.26. The van der Waals surface area contributed by atoms with Gasteiger partial charge in [-0.1, -0.05) is 60.4 Å². The molecule has 0 nitrogen and oxygen atoms in total. The summed E-state index contributed by atoms with van der Waals surface area (Å²) >= 11 is 9.84. The summed E-state index contributed by atoms with van der Waals surface area (Å²) in [5.41, 5.74) is 1.55. The maximum Gasteiger partial charge on any atom is 0.142 e. The fourth-order valence-electron chi connectivity index (χ4n) is 3.54. The Labute approximate surface area is 141 Å². The van der Waals surface area contributed by atoms with Crippen LogP contribution < -0.4 is 0 Å². The highest BCUT2D eigenvalue weighted by molar-refractivity contribution is 9.09. The molecule has 3 heteroatoms. The van der Waals surface area contributed by atoms with E-state index in [4.69, 9.17) is 11.6 Å². The molecule has 0 bridgehead atoms. The fraction of sp³-hybridized carbons (Fsp3) is 0.667. The van der Waals surface area contributed by atoms with Crippen molar-refractivity contribution in [1.29, 1.82) is 0 Å². The van der Waals surface area contributed by atoms with E-state index in [1.165, 1.54) is 31.7 Å². The summed E-state index contributed by atoms with van der Waals surface area (Å²) in [4.78, 5) is 0. The normalized spacial score (nSPS) is 26.9. The van der Waals surface area contributed by atoms with Crippen LogP contribution in [0, 0.1) is 22.6 Å². The number of alkyl halides is 1. The maximum absolute atomic E-state index is 13.6. The zero-order valence-electron chi connectivity index (χ0n) is 13.2. The molecule has 0 amide bonds. The summed E-state index contributed by atoms with van der Waals surface area (Å²) in [6.07, 6.45) is 5.75. The molecule has 118 valence electrons. The van der Waals surface area contributed by atoms with Gasteiger partial charge >= 0.3 is 0 Å². The first kappa shape index (κ1) is 17.3. The van der Waals surface area contributed by atoms with Crippen molar-refractivity contribution in [2.75, 3.05) is 5.33 Å². The molecule has 0 aromatic heterocycles. The lowest BCUT2D eigenvalue weighted by Crippen LogP contribution is -2.35. The molecule has 0 saturated heterocycles. The van der Waals surface area contributed by atoms with Gasteiger partial charge in [-0.2, -0.15) is 0 Å². The lowest BCUT2D eigenvalue weighted by atomic mass is 9.63. The Kier molecular flexibility index (Phi) is 5.41. The summed E-state index contributed by atoms with van der Waals surface area (Å²) in [6, 6.07) is 5.16. The number of halogens is 3. The van der Waals surface area contributed by atoms with Crippen LogP contribution in [0.1, 0.15) is 52.0 Å². The highest BCUT2D eigenvalue weighted by atomic mass is 79.9. The Morgan fingerprint density at radius 2 is 1.90 bits per heavy atom. The van der Waals surface area contributed by atoms with Gasteiger partial charge in [-0.05, 0) is 60.5 Å². The summed E-state index contributed by atoms with van der Waals surface area (Å²) in [7, 11) is 0. The lowest BCUT2D eigenvalue weighted by molar-refractivity contribution is 0.103. The molecule has 0 heterocycles. The summed E-state index contributed by atoms with van der Waals surface area (Å²) in [5, 5.41) is 1.26. The predicted octanol–water partition coefficient (Wildman–Crippen LogP) is 6.64. The molecular weight excluding hydrogens is 351 g/mol. The maximum atomic E-state index is 13.6. The van der Waals surface area contributed by atoms with E-state index in [1.54, 1.807) is 6.07 Å². The minimum absolute atomic E-state index is 0.221. The quantitative estimate of drug-likeness (QED) is 0.519. The first-order chi connectivity index (χ1) is 9.77. The van der Waals surface area contributed by atoms with Crippen LogP contribution >= 0.6 is 27.5 Å². The second-order valence-electron chi connectivity index (χ2n) is 7.66. The summed E-state index contributed by atoms with van der Waals surface area (Å²) < 4.78 is 13.6. The average molecular weight is 376 g/mol. The van der Waals surface area contributed by atoms with Gasteiger partial charge in [0.05, 0.1) is 5.02 Å². The second-order valence-corrected chi connectivity index (χ2v) is 8.60. The van der Waals surface area contributed by atoms with E-state index in [0.29, 0.717) is 10.4 Å².